The zero-order chi connectivity index (χ0) is 17.7. The number of rotatable bonds is 5. The molecule has 0 radical (unpaired) electrons. The third-order valence-electron chi connectivity index (χ3n) is 3.13. The monoisotopic (exact) mass is 454 g/mol. The van der Waals surface area contributed by atoms with Crippen LogP contribution in [0.4, 0.5) is 0 Å². The van der Waals surface area contributed by atoms with Crippen molar-refractivity contribution in [1.29, 1.82) is 0 Å². The van der Waals surface area contributed by atoms with E-state index in [2.05, 4.69) is 42.4 Å². The van der Waals surface area contributed by atoms with E-state index in [4.69, 9.17) is 4.74 Å². The number of ether oxygens (including phenoxy) is 1. The van der Waals surface area contributed by atoms with Gasteiger partial charge in [0.1, 0.15) is 11.5 Å². The van der Waals surface area contributed by atoms with Crippen LogP contribution in [-0.4, -0.2) is 23.8 Å². The van der Waals surface area contributed by atoms with Crippen molar-refractivity contribution in [3.63, 3.8) is 0 Å². The number of carbonyl (C=O) groups is 1. The van der Waals surface area contributed by atoms with E-state index in [0.717, 1.165) is 11.1 Å². The molecular formula is C17H16Br2N2O3. The third-order valence-corrected chi connectivity index (χ3v) is 4.34. The van der Waals surface area contributed by atoms with E-state index in [0.29, 0.717) is 20.3 Å². The highest BCUT2D eigenvalue weighted by Crippen LogP contribution is 2.32. The van der Waals surface area contributed by atoms with Gasteiger partial charge >= 0.3 is 0 Å². The maximum Gasteiger partial charge on any atom is 0.277 e. The molecule has 0 fully saturated rings. The van der Waals surface area contributed by atoms with Crippen LogP contribution in [0.2, 0.25) is 0 Å². The maximum atomic E-state index is 11.8. The lowest BCUT2D eigenvalue weighted by Crippen LogP contribution is -2.24. The fourth-order valence-electron chi connectivity index (χ4n) is 1.98. The first kappa shape index (κ1) is 18.5. The van der Waals surface area contributed by atoms with Crippen molar-refractivity contribution in [3.05, 3.63) is 56.0 Å². The highest BCUT2D eigenvalue weighted by molar-refractivity contribution is 9.11. The molecule has 2 aromatic carbocycles. The highest BCUT2D eigenvalue weighted by Gasteiger charge is 2.06. The van der Waals surface area contributed by atoms with Crippen LogP contribution in [0, 0.1) is 13.8 Å². The minimum atomic E-state index is -0.358. The van der Waals surface area contributed by atoms with Crippen LogP contribution < -0.4 is 10.2 Å². The Labute approximate surface area is 157 Å². The zero-order valence-corrected chi connectivity index (χ0v) is 16.3. The van der Waals surface area contributed by atoms with Crippen molar-refractivity contribution in [2.24, 2.45) is 5.10 Å². The summed E-state index contributed by atoms with van der Waals surface area (Å²) in [4.78, 5) is 11.8. The molecule has 0 saturated carbocycles. The van der Waals surface area contributed by atoms with Crippen LogP contribution in [0.25, 0.3) is 0 Å². The van der Waals surface area contributed by atoms with Crippen molar-refractivity contribution in [1.82, 2.24) is 5.43 Å². The van der Waals surface area contributed by atoms with E-state index in [1.807, 2.05) is 32.0 Å². The average Bonchev–Trinajstić information content (AvgIpc) is 2.51. The largest absolute Gasteiger partial charge is 0.506 e. The van der Waals surface area contributed by atoms with Crippen LogP contribution in [0.1, 0.15) is 16.7 Å². The first-order valence-electron chi connectivity index (χ1n) is 7.07. The molecule has 0 heterocycles. The number of nitrogens with one attached hydrogen (secondary N) is 1. The molecule has 0 aliphatic rings. The molecule has 0 aliphatic carbocycles. The predicted octanol–water partition coefficient (Wildman–Crippen LogP) is 4.06. The summed E-state index contributed by atoms with van der Waals surface area (Å²) in [6.45, 7) is 3.81. The lowest BCUT2D eigenvalue weighted by atomic mass is 10.1. The number of halogens is 2. The van der Waals surface area contributed by atoms with Crippen LogP contribution in [0.5, 0.6) is 11.5 Å². The summed E-state index contributed by atoms with van der Waals surface area (Å²) in [5, 5.41) is 13.5. The van der Waals surface area contributed by atoms with Gasteiger partial charge in [0.2, 0.25) is 0 Å². The smallest absolute Gasteiger partial charge is 0.277 e. The molecule has 0 spiro atoms. The van der Waals surface area contributed by atoms with Crippen molar-refractivity contribution < 1.29 is 14.6 Å². The van der Waals surface area contributed by atoms with E-state index >= 15 is 0 Å². The molecule has 0 atom stereocenters. The Bertz CT molecular complexity index is 768. The molecule has 0 bridgehead atoms. The molecule has 2 N–H and O–H groups in total. The Hall–Kier alpha value is -1.86. The van der Waals surface area contributed by atoms with E-state index in [9.17, 15) is 9.90 Å². The molecule has 2 rings (SSSR count). The van der Waals surface area contributed by atoms with Crippen molar-refractivity contribution in [2.45, 2.75) is 13.8 Å². The fourth-order valence-corrected chi connectivity index (χ4v) is 3.20. The van der Waals surface area contributed by atoms with Crippen molar-refractivity contribution in [3.8, 4) is 11.5 Å². The SMILES string of the molecule is Cc1ccc(OCC(=O)N/N=C\c2cc(Br)c(O)c(Br)c2)c(C)c1. The normalized spacial score (nSPS) is 10.8. The summed E-state index contributed by atoms with van der Waals surface area (Å²) in [5.74, 6) is 0.423. The van der Waals surface area contributed by atoms with Gasteiger partial charge in [-0.25, -0.2) is 5.43 Å². The number of aryl methyl sites for hydroxylation is 2. The van der Waals surface area contributed by atoms with Gasteiger partial charge < -0.3 is 9.84 Å². The lowest BCUT2D eigenvalue weighted by molar-refractivity contribution is -0.123. The van der Waals surface area contributed by atoms with Gasteiger partial charge in [-0.15, -0.1) is 0 Å². The summed E-state index contributed by atoms with van der Waals surface area (Å²) in [6, 6.07) is 9.13. The van der Waals surface area contributed by atoms with Gasteiger partial charge in [-0.05, 0) is 75.0 Å². The van der Waals surface area contributed by atoms with Crippen LogP contribution in [0.3, 0.4) is 0 Å². The second kappa shape index (κ2) is 8.30. The van der Waals surface area contributed by atoms with Gasteiger partial charge in [-0.3, -0.25) is 4.79 Å². The van der Waals surface area contributed by atoms with E-state index in [-0.39, 0.29) is 18.3 Å². The molecular weight excluding hydrogens is 440 g/mol. The maximum absolute atomic E-state index is 11.8. The van der Waals surface area contributed by atoms with Crippen LogP contribution in [0.15, 0.2) is 44.4 Å². The molecule has 1 amide bonds. The Balaban J connectivity index is 1.89. The number of carbonyl (C=O) groups excluding carboxylic acids is 1. The number of benzene rings is 2. The van der Waals surface area contributed by atoms with E-state index < -0.39 is 0 Å². The zero-order valence-electron chi connectivity index (χ0n) is 13.1. The first-order chi connectivity index (χ1) is 11.4. The van der Waals surface area contributed by atoms with Gasteiger partial charge in [0, 0.05) is 0 Å². The molecule has 0 unspecified atom stereocenters. The number of hydrogen-bond acceptors (Lipinski definition) is 4. The number of hydrazone groups is 1. The van der Waals surface area contributed by atoms with Gasteiger partial charge in [0.25, 0.3) is 5.91 Å². The molecule has 24 heavy (non-hydrogen) atoms. The standard InChI is InChI=1S/C17H16Br2N2O3/c1-10-3-4-15(11(2)5-10)24-9-16(22)21-20-8-12-6-13(18)17(23)14(19)7-12/h3-8,23H,9H2,1-2H3,(H,21,22)/b20-8-. The Kier molecular flexibility index (Phi) is 6.39. The number of hydrogen-bond donors (Lipinski definition) is 2. The second-order valence-corrected chi connectivity index (χ2v) is 6.89. The van der Waals surface area contributed by atoms with Gasteiger partial charge in [0.15, 0.2) is 6.61 Å². The molecule has 5 nitrogen and oxygen atoms in total. The number of phenols is 1. The predicted molar refractivity (Wildman–Crippen MR) is 101 cm³/mol. The van der Waals surface area contributed by atoms with Crippen LogP contribution >= 0.6 is 31.9 Å². The average molecular weight is 456 g/mol. The Morgan fingerprint density at radius 2 is 1.92 bits per heavy atom. The molecule has 0 aromatic heterocycles. The lowest BCUT2D eigenvalue weighted by Gasteiger charge is -2.08. The van der Waals surface area contributed by atoms with E-state index in [1.165, 1.54) is 6.21 Å². The van der Waals surface area contributed by atoms with Crippen molar-refractivity contribution >= 4 is 44.0 Å². The number of nitrogens with zero attached hydrogens (tertiary/aromatic N) is 1. The highest BCUT2D eigenvalue weighted by atomic mass is 79.9. The van der Waals surface area contributed by atoms with Crippen molar-refractivity contribution in [2.75, 3.05) is 6.61 Å². The number of phenolic OH excluding ortho intramolecular Hbond substituents is 1. The minimum Gasteiger partial charge on any atom is -0.506 e. The summed E-state index contributed by atoms with van der Waals surface area (Å²) in [7, 11) is 0. The van der Waals surface area contributed by atoms with E-state index in [1.54, 1.807) is 12.1 Å². The third kappa shape index (κ3) is 5.07. The molecule has 2 aromatic rings. The minimum absolute atomic E-state index is 0.109. The quantitative estimate of drug-likeness (QED) is 0.527. The summed E-state index contributed by atoms with van der Waals surface area (Å²) in [5.41, 5.74) is 5.22. The van der Waals surface area contributed by atoms with Crippen LogP contribution in [-0.2, 0) is 4.79 Å². The Morgan fingerprint density at radius 1 is 1.25 bits per heavy atom. The second-order valence-electron chi connectivity index (χ2n) is 5.18. The molecule has 7 heteroatoms. The fraction of sp³-hybridized carbons (Fsp3) is 0.176. The molecule has 0 aliphatic heterocycles. The first-order valence-corrected chi connectivity index (χ1v) is 8.65. The van der Waals surface area contributed by atoms with Gasteiger partial charge in [-0.2, -0.15) is 5.10 Å². The molecule has 0 saturated heterocycles. The number of aromatic hydroxyl groups is 1. The number of amides is 1. The molecule has 126 valence electrons. The summed E-state index contributed by atoms with van der Waals surface area (Å²) in [6.07, 6.45) is 1.48. The topological polar surface area (TPSA) is 70.9 Å². The van der Waals surface area contributed by atoms with Gasteiger partial charge in [0.05, 0.1) is 15.2 Å². The summed E-state index contributed by atoms with van der Waals surface area (Å²) >= 11 is 6.46. The van der Waals surface area contributed by atoms with Gasteiger partial charge in [-0.1, -0.05) is 17.7 Å². The Morgan fingerprint density at radius 3 is 2.54 bits per heavy atom. The summed E-state index contributed by atoms with van der Waals surface area (Å²) < 4.78 is 6.54.